The lowest BCUT2D eigenvalue weighted by atomic mass is 9.76. The van der Waals surface area contributed by atoms with Crippen molar-refractivity contribution in [2.45, 2.75) is 76.8 Å². The number of unbranched alkanes of at least 4 members (excludes halogenated alkanes) is 1. The summed E-state index contributed by atoms with van der Waals surface area (Å²) in [6.07, 6.45) is 13.3. The first-order valence-electron chi connectivity index (χ1n) is 13.5. The highest BCUT2D eigenvalue weighted by atomic mass is 16.4. The second-order valence-electron chi connectivity index (χ2n) is 10.5. The van der Waals surface area contributed by atoms with Crippen LogP contribution in [0, 0.1) is 11.8 Å². The Balaban J connectivity index is 1.59. The normalized spacial score (nSPS) is 24.7. The van der Waals surface area contributed by atoms with Gasteiger partial charge >= 0.3 is 11.7 Å². The lowest BCUT2D eigenvalue weighted by Gasteiger charge is -2.32. The molecule has 1 fully saturated rings. The molecule has 5 rings (SSSR count). The number of aliphatic carboxylic acids is 1. The van der Waals surface area contributed by atoms with Gasteiger partial charge in [-0.1, -0.05) is 51.0 Å². The average molecular weight is 518 g/mol. The fourth-order valence-electron chi connectivity index (χ4n) is 6.18. The molecule has 0 amide bonds. The number of hydrogen-bond acceptors (Lipinski definition) is 6. The molecule has 4 unspecified atom stereocenters. The van der Waals surface area contributed by atoms with Gasteiger partial charge in [0.15, 0.2) is 5.82 Å². The van der Waals surface area contributed by atoms with Gasteiger partial charge in [0.05, 0.1) is 12.0 Å². The number of rotatable bonds is 10. The number of aliphatic imine (C=N–C) groups is 1. The predicted octanol–water partition coefficient (Wildman–Crippen LogP) is 4.16. The van der Waals surface area contributed by atoms with Crippen LogP contribution in [0.15, 0.2) is 52.5 Å². The number of carbonyl (C=O) groups is 1. The summed E-state index contributed by atoms with van der Waals surface area (Å²) in [6, 6.07) is 7.72. The molecule has 1 aromatic carbocycles. The van der Waals surface area contributed by atoms with Gasteiger partial charge < -0.3 is 5.11 Å². The molecule has 2 N–H and O–H groups in total. The van der Waals surface area contributed by atoms with Crippen LogP contribution in [0.1, 0.15) is 69.7 Å². The maximum Gasteiger partial charge on any atom is 0.328 e. The van der Waals surface area contributed by atoms with Gasteiger partial charge in [-0.25, -0.2) is 9.89 Å². The van der Waals surface area contributed by atoms with Crippen molar-refractivity contribution in [2.75, 3.05) is 0 Å². The topological polar surface area (TPSA) is 131 Å². The van der Waals surface area contributed by atoms with Crippen LogP contribution in [0.4, 0.5) is 0 Å². The zero-order chi connectivity index (χ0) is 26.7. The van der Waals surface area contributed by atoms with E-state index >= 15 is 0 Å². The highest BCUT2D eigenvalue weighted by molar-refractivity contribution is 5.71. The lowest BCUT2D eigenvalue weighted by molar-refractivity contribution is -0.142. The maximum atomic E-state index is 14.1. The summed E-state index contributed by atoms with van der Waals surface area (Å²) in [7, 11) is 0. The molecule has 1 saturated carbocycles. The molecule has 38 heavy (non-hydrogen) atoms. The molecule has 3 heterocycles. The molecule has 3 aromatic rings. The zero-order valence-corrected chi connectivity index (χ0v) is 22.0. The highest BCUT2D eigenvalue weighted by Crippen LogP contribution is 2.42. The molecule has 2 aromatic heterocycles. The van der Waals surface area contributed by atoms with Gasteiger partial charge in [-0.2, -0.15) is 0 Å². The van der Waals surface area contributed by atoms with Crippen molar-refractivity contribution in [3.05, 3.63) is 64.5 Å². The Morgan fingerprint density at radius 2 is 2.13 bits per heavy atom. The number of aromatic amines is 1. The first-order valence-corrected chi connectivity index (χ1v) is 13.5. The van der Waals surface area contributed by atoms with Crippen molar-refractivity contribution in [3.63, 3.8) is 0 Å². The Morgan fingerprint density at radius 1 is 1.26 bits per heavy atom. The van der Waals surface area contributed by atoms with Crippen molar-refractivity contribution in [1.29, 1.82) is 0 Å². The monoisotopic (exact) mass is 517 g/mol. The standard InChI is InChI=1S/C28H35N7O3/c1-3-5-9-22-17-34(24-19(4-2)10-11-23(24)26(36)37)27(38)35(22)18-28(12-14-29-15-13-28)21-8-6-7-20(16-21)25-30-32-33-31-25/h6-8,12,14-17,19,23-24H,3-5,9-11,13,18H2,1-2H3,(H,36,37)(H,30,31,32,33). The van der Waals surface area contributed by atoms with E-state index in [2.05, 4.69) is 57.7 Å². The molecule has 10 heteroatoms. The van der Waals surface area contributed by atoms with E-state index in [4.69, 9.17) is 0 Å². The largest absolute Gasteiger partial charge is 0.481 e. The Hall–Kier alpha value is -3.82. The second kappa shape index (κ2) is 10.9. The average Bonchev–Trinajstić information content (AvgIpc) is 3.68. The Bertz CT molecular complexity index is 1390. The Morgan fingerprint density at radius 3 is 2.82 bits per heavy atom. The first-order chi connectivity index (χ1) is 18.5. The maximum absolute atomic E-state index is 14.1. The number of benzene rings is 1. The van der Waals surface area contributed by atoms with Gasteiger partial charge in [0.1, 0.15) is 0 Å². The molecule has 4 atom stereocenters. The predicted molar refractivity (Wildman–Crippen MR) is 144 cm³/mol. The van der Waals surface area contributed by atoms with E-state index in [9.17, 15) is 14.7 Å². The van der Waals surface area contributed by atoms with Crippen LogP contribution >= 0.6 is 0 Å². The van der Waals surface area contributed by atoms with Gasteiger partial charge in [0.2, 0.25) is 0 Å². The Labute approximate surface area is 221 Å². The second-order valence-corrected chi connectivity index (χ2v) is 10.5. The van der Waals surface area contributed by atoms with E-state index < -0.39 is 17.3 Å². The van der Waals surface area contributed by atoms with Crippen molar-refractivity contribution in [1.82, 2.24) is 29.8 Å². The van der Waals surface area contributed by atoms with E-state index in [1.165, 1.54) is 0 Å². The quantitative estimate of drug-likeness (QED) is 0.415. The molecule has 0 saturated heterocycles. The fraction of sp³-hybridized carbons (Fsp3) is 0.500. The number of carboxylic acid groups (broad SMARTS) is 1. The summed E-state index contributed by atoms with van der Waals surface area (Å²) in [5.74, 6) is -0.613. The Kier molecular flexibility index (Phi) is 7.40. The third-order valence-electron chi connectivity index (χ3n) is 8.32. The molecular formula is C28H35N7O3. The molecule has 0 bridgehead atoms. The number of carboxylic acids is 1. The van der Waals surface area contributed by atoms with E-state index in [0.29, 0.717) is 25.2 Å². The van der Waals surface area contributed by atoms with Gasteiger partial charge in [0.25, 0.3) is 0 Å². The number of H-pyrrole nitrogens is 1. The molecular weight excluding hydrogens is 482 g/mol. The molecule has 1 aliphatic heterocycles. The summed E-state index contributed by atoms with van der Waals surface area (Å²) in [5.41, 5.74) is 2.21. The van der Waals surface area contributed by atoms with Crippen LogP contribution in [0.2, 0.25) is 0 Å². The lowest BCUT2D eigenvalue weighted by Crippen LogP contribution is -2.39. The number of tetrazole rings is 1. The van der Waals surface area contributed by atoms with E-state index in [-0.39, 0.29) is 17.6 Å². The minimum absolute atomic E-state index is 0.126. The number of hydrogen-bond donors (Lipinski definition) is 2. The number of aromatic nitrogens is 6. The minimum Gasteiger partial charge on any atom is -0.481 e. The summed E-state index contributed by atoms with van der Waals surface area (Å²) < 4.78 is 3.63. The highest BCUT2D eigenvalue weighted by Gasteiger charge is 2.42. The van der Waals surface area contributed by atoms with E-state index in [1.54, 1.807) is 10.8 Å². The van der Waals surface area contributed by atoms with Gasteiger partial charge in [-0.3, -0.25) is 18.9 Å². The number of aryl methyl sites for hydroxylation is 1. The smallest absolute Gasteiger partial charge is 0.328 e. The van der Waals surface area contributed by atoms with Gasteiger partial charge in [-0.05, 0) is 60.1 Å². The van der Waals surface area contributed by atoms with Crippen LogP contribution in [0.25, 0.3) is 11.4 Å². The summed E-state index contributed by atoms with van der Waals surface area (Å²) >= 11 is 0. The third-order valence-corrected chi connectivity index (χ3v) is 8.32. The third kappa shape index (κ3) is 4.75. The number of imidazole rings is 1. The number of nitrogens with one attached hydrogen (secondary N) is 1. The molecule has 2 aliphatic rings. The SMILES string of the molecule is CCCCc1cn(C2C(CC)CCC2C(=O)O)c(=O)n1CC1(c2cccc(-c3nnn[nH]3)c2)C=CN=CC1. The molecule has 0 spiro atoms. The van der Waals surface area contributed by atoms with Crippen LogP contribution in [-0.4, -0.2) is 47.0 Å². The van der Waals surface area contributed by atoms with Crippen molar-refractivity contribution in [3.8, 4) is 11.4 Å². The van der Waals surface area contributed by atoms with Crippen molar-refractivity contribution in [2.24, 2.45) is 16.8 Å². The molecule has 1 aliphatic carbocycles. The van der Waals surface area contributed by atoms with Crippen LogP contribution < -0.4 is 5.69 Å². The van der Waals surface area contributed by atoms with Crippen LogP contribution in [-0.2, 0) is 23.2 Å². The first kappa shape index (κ1) is 25.8. The van der Waals surface area contributed by atoms with Gasteiger partial charge in [-0.15, -0.1) is 5.10 Å². The van der Waals surface area contributed by atoms with Crippen molar-refractivity contribution < 1.29 is 9.90 Å². The molecule has 0 radical (unpaired) electrons. The van der Waals surface area contributed by atoms with Crippen LogP contribution in [0.5, 0.6) is 0 Å². The zero-order valence-electron chi connectivity index (χ0n) is 22.0. The number of nitrogens with zero attached hydrogens (tertiary/aromatic N) is 6. The van der Waals surface area contributed by atoms with Crippen LogP contribution in [0.3, 0.4) is 0 Å². The van der Waals surface area contributed by atoms with E-state index in [1.807, 2.05) is 29.1 Å². The van der Waals surface area contributed by atoms with Crippen molar-refractivity contribution >= 4 is 12.2 Å². The van der Waals surface area contributed by atoms with E-state index in [0.717, 1.165) is 48.9 Å². The minimum atomic E-state index is -0.817. The summed E-state index contributed by atoms with van der Waals surface area (Å²) in [6.45, 7) is 4.65. The fourth-order valence-corrected chi connectivity index (χ4v) is 6.18. The summed E-state index contributed by atoms with van der Waals surface area (Å²) in [5, 5.41) is 24.2. The summed E-state index contributed by atoms with van der Waals surface area (Å²) in [4.78, 5) is 30.6. The number of allylic oxidation sites excluding steroid dienone is 1. The molecule has 10 nitrogen and oxygen atoms in total. The van der Waals surface area contributed by atoms with Gasteiger partial charge in [0, 0.05) is 41.8 Å². The molecule has 200 valence electrons.